The first kappa shape index (κ1) is 11.8. The average Bonchev–Trinajstić information content (AvgIpc) is 2.37. The topological polar surface area (TPSA) is 54.2 Å². The van der Waals surface area contributed by atoms with Crippen LogP contribution in [0.15, 0.2) is 30.3 Å². The maximum atomic E-state index is 5.53. The first-order valence-corrected chi connectivity index (χ1v) is 5.78. The summed E-state index contributed by atoms with van der Waals surface area (Å²) in [4.78, 5) is 6.73. The van der Waals surface area contributed by atoms with Crippen molar-refractivity contribution >= 4 is 16.7 Å². The van der Waals surface area contributed by atoms with Crippen molar-refractivity contribution in [2.45, 2.75) is 13.5 Å². The number of rotatable bonds is 4. The third-order valence-corrected chi connectivity index (χ3v) is 2.92. The summed E-state index contributed by atoms with van der Waals surface area (Å²) in [6.07, 6.45) is 0. The van der Waals surface area contributed by atoms with E-state index in [0.29, 0.717) is 0 Å². The quantitative estimate of drug-likeness (QED) is 0.623. The highest BCUT2D eigenvalue weighted by atomic mass is 15.3. The monoisotopic (exact) mass is 230 g/mol. The standard InChI is InChI=1S/C13H18N4/c1-3-17(2)9-11-8-10-6-4-5-7-12(10)15-13(11)16-14/h4-8H,3,9,14H2,1-2H3,(H,15,16). The summed E-state index contributed by atoms with van der Waals surface area (Å²) in [5, 5.41) is 1.14. The average molecular weight is 230 g/mol. The van der Waals surface area contributed by atoms with Gasteiger partial charge in [0.25, 0.3) is 0 Å². The maximum Gasteiger partial charge on any atom is 0.145 e. The molecule has 4 heteroatoms. The lowest BCUT2D eigenvalue weighted by Crippen LogP contribution is -2.19. The van der Waals surface area contributed by atoms with E-state index >= 15 is 0 Å². The molecule has 0 radical (unpaired) electrons. The lowest BCUT2D eigenvalue weighted by Gasteiger charge is -2.16. The minimum Gasteiger partial charge on any atom is -0.308 e. The molecule has 0 spiro atoms. The summed E-state index contributed by atoms with van der Waals surface area (Å²) in [5.74, 6) is 6.28. The molecule has 17 heavy (non-hydrogen) atoms. The second-order valence-corrected chi connectivity index (χ2v) is 4.16. The van der Waals surface area contributed by atoms with Gasteiger partial charge in [-0.05, 0) is 25.7 Å². The van der Waals surface area contributed by atoms with Crippen LogP contribution in [0.3, 0.4) is 0 Å². The van der Waals surface area contributed by atoms with Crippen molar-refractivity contribution in [2.24, 2.45) is 5.84 Å². The molecule has 2 rings (SSSR count). The first-order valence-electron chi connectivity index (χ1n) is 5.78. The number of anilines is 1. The van der Waals surface area contributed by atoms with Crippen molar-refractivity contribution in [1.82, 2.24) is 9.88 Å². The van der Waals surface area contributed by atoms with Gasteiger partial charge in [-0.15, -0.1) is 0 Å². The van der Waals surface area contributed by atoms with Crippen LogP contribution in [0.4, 0.5) is 5.82 Å². The molecule has 0 aliphatic rings. The number of hydrogen-bond donors (Lipinski definition) is 2. The van der Waals surface area contributed by atoms with Crippen LogP contribution in [0.5, 0.6) is 0 Å². The van der Waals surface area contributed by atoms with Crippen LogP contribution in [0.1, 0.15) is 12.5 Å². The normalized spacial score (nSPS) is 11.1. The Hall–Kier alpha value is -1.65. The number of fused-ring (bicyclic) bond motifs is 1. The zero-order valence-corrected chi connectivity index (χ0v) is 10.3. The Morgan fingerprint density at radius 2 is 2.12 bits per heavy atom. The lowest BCUT2D eigenvalue weighted by molar-refractivity contribution is 0.346. The van der Waals surface area contributed by atoms with Crippen LogP contribution >= 0.6 is 0 Å². The molecule has 3 N–H and O–H groups in total. The summed E-state index contributed by atoms with van der Waals surface area (Å²) in [6.45, 7) is 3.97. The third-order valence-electron chi connectivity index (χ3n) is 2.92. The third kappa shape index (κ3) is 2.54. The molecule has 0 saturated carbocycles. The SMILES string of the molecule is CCN(C)Cc1cc2ccccc2nc1NN. The molecule has 0 aliphatic carbocycles. The molecular formula is C13H18N4. The molecule has 1 heterocycles. The summed E-state index contributed by atoms with van der Waals surface area (Å²) in [7, 11) is 2.08. The smallest absolute Gasteiger partial charge is 0.145 e. The highest BCUT2D eigenvalue weighted by Crippen LogP contribution is 2.20. The molecule has 1 aromatic heterocycles. The number of para-hydroxylation sites is 1. The number of hydrogen-bond acceptors (Lipinski definition) is 4. The van der Waals surface area contributed by atoms with E-state index < -0.39 is 0 Å². The Morgan fingerprint density at radius 3 is 2.82 bits per heavy atom. The zero-order chi connectivity index (χ0) is 12.3. The molecule has 0 saturated heterocycles. The van der Waals surface area contributed by atoms with Crippen LogP contribution < -0.4 is 11.3 Å². The fraction of sp³-hybridized carbons (Fsp3) is 0.308. The second-order valence-electron chi connectivity index (χ2n) is 4.16. The predicted molar refractivity (Wildman–Crippen MR) is 71.6 cm³/mol. The fourth-order valence-corrected chi connectivity index (χ4v) is 1.81. The fourth-order valence-electron chi connectivity index (χ4n) is 1.81. The molecule has 0 unspecified atom stereocenters. The number of nitrogen functional groups attached to an aromatic ring is 1. The van der Waals surface area contributed by atoms with Crippen molar-refractivity contribution < 1.29 is 0 Å². The highest BCUT2D eigenvalue weighted by Gasteiger charge is 2.07. The first-order chi connectivity index (χ1) is 8.24. The summed E-state index contributed by atoms with van der Waals surface area (Å²) in [5.41, 5.74) is 4.76. The van der Waals surface area contributed by atoms with Gasteiger partial charge in [0.2, 0.25) is 0 Å². The van der Waals surface area contributed by atoms with Crippen molar-refractivity contribution in [2.75, 3.05) is 19.0 Å². The molecule has 90 valence electrons. The van der Waals surface area contributed by atoms with Gasteiger partial charge in [0.15, 0.2) is 0 Å². The zero-order valence-electron chi connectivity index (χ0n) is 10.3. The van der Waals surface area contributed by atoms with E-state index in [4.69, 9.17) is 5.84 Å². The number of aromatic nitrogens is 1. The Morgan fingerprint density at radius 1 is 1.35 bits per heavy atom. The van der Waals surface area contributed by atoms with E-state index in [9.17, 15) is 0 Å². The Balaban J connectivity index is 2.45. The number of hydrazine groups is 1. The van der Waals surface area contributed by atoms with Gasteiger partial charge >= 0.3 is 0 Å². The van der Waals surface area contributed by atoms with Crippen LogP contribution in [0.25, 0.3) is 10.9 Å². The van der Waals surface area contributed by atoms with Crippen LogP contribution in [0, 0.1) is 0 Å². The molecule has 0 bridgehead atoms. The van der Waals surface area contributed by atoms with E-state index in [1.165, 1.54) is 0 Å². The van der Waals surface area contributed by atoms with Gasteiger partial charge in [0, 0.05) is 17.5 Å². The number of nitrogens with zero attached hydrogens (tertiary/aromatic N) is 2. The van der Waals surface area contributed by atoms with Crippen LogP contribution in [0.2, 0.25) is 0 Å². The van der Waals surface area contributed by atoms with Crippen molar-refractivity contribution in [3.63, 3.8) is 0 Å². The summed E-state index contributed by atoms with van der Waals surface area (Å²) < 4.78 is 0. The van der Waals surface area contributed by atoms with Crippen LogP contribution in [-0.4, -0.2) is 23.5 Å². The van der Waals surface area contributed by atoms with E-state index in [1.807, 2.05) is 18.2 Å². The van der Waals surface area contributed by atoms with Gasteiger partial charge in [-0.3, -0.25) is 0 Å². The molecular weight excluding hydrogens is 212 g/mol. The number of pyridine rings is 1. The Kier molecular flexibility index (Phi) is 3.56. The highest BCUT2D eigenvalue weighted by molar-refractivity contribution is 5.81. The number of benzene rings is 1. The molecule has 0 amide bonds. The van der Waals surface area contributed by atoms with Crippen LogP contribution in [-0.2, 0) is 6.54 Å². The van der Waals surface area contributed by atoms with Crippen molar-refractivity contribution in [3.05, 3.63) is 35.9 Å². The van der Waals surface area contributed by atoms with Gasteiger partial charge in [-0.1, -0.05) is 25.1 Å². The maximum absolute atomic E-state index is 5.53. The Bertz CT molecular complexity index is 510. The van der Waals surface area contributed by atoms with Gasteiger partial charge in [-0.25, -0.2) is 10.8 Å². The van der Waals surface area contributed by atoms with E-state index in [-0.39, 0.29) is 0 Å². The molecule has 2 aromatic rings. The van der Waals surface area contributed by atoms with Gasteiger partial charge < -0.3 is 10.3 Å². The lowest BCUT2D eigenvalue weighted by atomic mass is 10.1. The minimum absolute atomic E-state index is 0.754. The number of nitrogens with one attached hydrogen (secondary N) is 1. The molecule has 0 aliphatic heterocycles. The molecule has 4 nitrogen and oxygen atoms in total. The summed E-state index contributed by atoms with van der Waals surface area (Å²) in [6, 6.07) is 10.2. The van der Waals surface area contributed by atoms with E-state index in [0.717, 1.165) is 35.4 Å². The predicted octanol–water partition coefficient (Wildman–Crippen LogP) is 1.97. The largest absolute Gasteiger partial charge is 0.308 e. The minimum atomic E-state index is 0.754. The molecule has 1 aromatic carbocycles. The number of nitrogens with two attached hydrogens (primary N) is 1. The Labute approximate surface area is 101 Å². The van der Waals surface area contributed by atoms with Gasteiger partial charge in [0.1, 0.15) is 5.82 Å². The van der Waals surface area contributed by atoms with Gasteiger partial charge in [-0.2, -0.15) is 0 Å². The van der Waals surface area contributed by atoms with E-state index in [1.54, 1.807) is 0 Å². The molecule has 0 atom stereocenters. The van der Waals surface area contributed by atoms with E-state index in [2.05, 4.69) is 41.4 Å². The second kappa shape index (κ2) is 5.12. The van der Waals surface area contributed by atoms with Crippen molar-refractivity contribution in [1.29, 1.82) is 0 Å². The van der Waals surface area contributed by atoms with Crippen molar-refractivity contribution in [3.8, 4) is 0 Å². The summed E-state index contributed by atoms with van der Waals surface area (Å²) >= 11 is 0. The molecule has 0 fully saturated rings. The van der Waals surface area contributed by atoms with Gasteiger partial charge in [0.05, 0.1) is 5.52 Å².